The minimum absolute atomic E-state index is 0.221. The summed E-state index contributed by atoms with van der Waals surface area (Å²) in [7, 11) is 0. The summed E-state index contributed by atoms with van der Waals surface area (Å²) in [4.78, 5) is 5.58. The van der Waals surface area contributed by atoms with E-state index < -0.39 is 0 Å². The average molecular weight is 284 g/mol. The highest BCUT2D eigenvalue weighted by Gasteiger charge is 2.13. The molecule has 0 amide bonds. The van der Waals surface area contributed by atoms with Crippen molar-refractivity contribution in [2.45, 2.75) is 19.9 Å². The Morgan fingerprint density at radius 1 is 1.25 bits per heavy atom. The molecule has 20 heavy (non-hydrogen) atoms. The summed E-state index contributed by atoms with van der Waals surface area (Å²) in [6.07, 6.45) is 3.73. The summed E-state index contributed by atoms with van der Waals surface area (Å²) in [6.45, 7) is 4.20. The third-order valence-corrected chi connectivity index (χ3v) is 4.32. The lowest BCUT2D eigenvalue weighted by molar-refractivity contribution is 0.856. The fourth-order valence-corrected chi connectivity index (χ4v) is 3.04. The minimum atomic E-state index is 0.221. The molecule has 1 N–H and O–H groups in total. The van der Waals surface area contributed by atoms with Gasteiger partial charge in [-0.05, 0) is 32.0 Å². The number of nitrogens with zero attached hydrogens (tertiary/aromatic N) is 3. The van der Waals surface area contributed by atoms with Crippen LogP contribution in [0.1, 0.15) is 23.5 Å². The Kier molecular flexibility index (Phi) is 3.52. The van der Waals surface area contributed by atoms with E-state index in [0.29, 0.717) is 0 Å². The molecule has 102 valence electrons. The van der Waals surface area contributed by atoms with Crippen LogP contribution >= 0.6 is 11.3 Å². The molecule has 0 fully saturated rings. The molecule has 3 rings (SSSR count). The van der Waals surface area contributed by atoms with Crippen molar-refractivity contribution < 1.29 is 0 Å². The first-order chi connectivity index (χ1) is 9.75. The van der Waals surface area contributed by atoms with E-state index in [2.05, 4.69) is 34.5 Å². The Bertz CT molecular complexity index is 687. The van der Waals surface area contributed by atoms with Gasteiger partial charge in [0.2, 0.25) is 0 Å². The SMILES string of the molecule is Cc1ncsc1C(C)Nc1ccccc1-n1cccn1. The molecule has 2 heterocycles. The van der Waals surface area contributed by atoms with Gasteiger partial charge in [0.05, 0.1) is 28.6 Å². The summed E-state index contributed by atoms with van der Waals surface area (Å²) in [5.74, 6) is 0. The van der Waals surface area contributed by atoms with Gasteiger partial charge in [0.1, 0.15) is 0 Å². The summed E-state index contributed by atoms with van der Waals surface area (Å²) in [6, 6.07) is 10.3. The zero-order chi connectivity index (χ0) is 13.9. The number of hydrogen-bond acceptors (Lipinski definition) is 4. The maximum Gasteiger partial charge on any atom is 0.0877 e. The molecule has 4 nitrogen and oxygen atoms in total. The van der Waals surface area contributed by atoms with Gasteiger partial charge < -0.3 is 5.32 Å². The van der Waals surface area contributed by atoms with Gasteiger partial charge in [0.15, 0.2) is 0 Å². The van der Waals surface area contributed by atoms with Crippen LogP contribution in [0, 0.1) is 6.92 Å². The highest BCUT2D eigenvalue weighted by molar-refractivity contribution is 7.09. The molecular formula is C15H16N4S. The predicted molar refractivity (Wildman–Crippen MR) is 82.5 cm³/mol. The van der Waals surface area contributed by atoms with Gasteiger partial charge >= 0.3 is 0 Å². The average Bonchev–Trinajstić information content (AvgIpc) is 3.10. The molecule has 1 atom stereocenters. The van der Waals surface area contributed by atoms with Crippen molar-refractivity contribution in [3.05, 3.63) is 58.8 Å². The summed E-state index contributed by atoms with van der Waals surface area (Å²) < 4.78 is 1.87. The number of thiazole rings is 1. The van der Waals surface area contributed by atoms with E-state index in [1.165, 1.54) is 4.88 Å². The topological polar surface area (TPSA) is 42.7 Å². The molecule has 0 spiro atoms. The number of anilines is 1. The van der Waals surface area contributed by atoms with E-state index in [0.717, 1.165) is 17.1 Å². The van der Waals surface area contributed by atoms with Crippen LogP contribution in [0.2, 0.25) is 0 Å². The largest absolute Gasteiger partial charge is 0.376 e. The maximum atomic E-state index is 4.31. The maximum absolute atomic E-state index is 4.31. The van der Waals surface area contributed by atoms with Gasteiger partial charge in [-0.15, -0.1) is 11.3 Å². The second-order valence-electron chi connectivity index (χ2n) is 4.64. The van der Waals surface area contributed by atoms with Crippen molar-refractivity contribution in [2.75, 3.05) is 5.32 Å². The highest BCUT2D eigenvalue weighted by Crippen LogP contribution is 2.28. The molecule has 0 aliphatic rings. The molecule has 5 heteroatoms. The summed E-state index contributed by atoms with van der Waals surface area (Å²) in [5, 5.41) is 7.85. The van der Waals surface area contributed by atoms with Gasteiger partial charge in [-0.3, -0.25) is 0 Å². The van der Waals surface area contributed by atoms with E-state index >= 15 is 0 Å². The van der Waals surface area contributed by atoms with Crippen molar-refractivity contribution in [3.63, 3.8) is 0 Å². The summed E-state index contributed by atoms with van der Waals surface area (Å²) >= 11 is 1.68. The normalized spacial score (nSPS) is 12.3. The Labute approximate surface area is 122 Å². The number of nitrogens with one attached hydrogen (secondary N) is 1. The molecule has 3 aromatic rings. The minimum Gasteiger partial charge on any atom is -0.376 e. The van der Waals surface area contributed by atoms with Crippen LogP contribution in [0.3, 0.4) is 0 Å². The Balaban J connectivity index is 1.90. The number of benzene rings is 1. The van der Waals surface area contributed by atoms with Crippen LogP contribution in [0.5, 0.6) is 0 Å². The lowest BCUT2D eigenvalue weighted by Gasteiger charge is -2.17. The highest BCUT2D eigenvalue weighted by atomic mass is 32.1. The fraction of sp³-hybridized carbons (Fsp3) is 0.200. The first-order valence-electron chi connectivity index (χ1n) is 6.51. The Morgan fingerprint density at radius 2 is 2.10 bits per heavy atom. The van der Waals surface area contributed by atoms with Crippen LogP contribution < -0.4 is 5.32 Å². The predicted octanol–water partition coefficient (Wildman–Crippen LogP) is 3.81. The van der Waals surface area contributed by atoms with E-state index in [1.54, 1.807) is 17.5 Å². The van der Waals surface area contributed by atoms with Crippen LogP contribution in [-0.2, 0) is 0 Å². The van der Waals surface area contributed by atoms with Crippen molar-refractivity contribution in [3.8, 4) is 5.69 Å². The standard InChI is InChI=1S/C15H16N4S/c1-11-15(20-10-16-11)12(2)18-13-6-3-4-7-14(13)19-9-5-8-17-19/h3-10,12,18H,1-2H3. The Morgan fingerprint density at radius 3 is 2.80 bits per heavy atom. The monoisotopic (exact) mass is 284 g/mol. The Hall–Kier alpha value is -2.14. The third kappa shape index (κ3) is 2.44. The van der Waals surface area contributed by atoms with E-state index in [9.17, 15) is 0 Å². The molecule has 1 aromatic carbocycles. The van der Waals surface area contributed by atoms with Crippen molar-refractivity contribution in [2.24, 2.45) is 0 Å². The van der Waals surface area contributed by atoms with Gasteiger partial charge in [-0.25, -0.2) is 9.67 Å². The van der Waals surface area contributed by atoms with Crippen molar-refractivity contribution in [1.82, 2.24) is 14.8 Å². The van der Waals surface area contributed by atoms with E-state index in [4.69, 9.17) is 0 Å². The molecule has 0 radical (unpaired) electrons. The number of aryl methyl sites for hydroxylation is 1. The summed E-state index contributed by atoms with van der Waals surface area (Å²) in [5.41, 5.74) is 5.09. The number of hydrogen-bond donors (Lipinski definition) is 1. The molecule has 0 bridgehead atoms. The van der Waals surface area contributed by atoms with Crippen molar-refractivity contribution >= 4 is 17.0 Å². The lowest BCUT2D eigenvalue weighted by atomic mass is 10.2. The van der Waals surface area contributed by atoms with Gasteiger partial charge in [0.25, 0.3) is 0 Å². The quantitative estimate of drug-likeness (QED) is 0.792. The number of para-hydroxylation sites is 2. The van der Waals surface area contributed by atoms with Crippen molar-refractivity contribution in [1.29, 1.82) is 0 Å². The lowest BCUT2D eigenvalue weighted by Crippen LogP contribution is -2.09. The van der Waals surface area contributed by atoms with Crippen LogP contribution in [0.15, 0.2) is 48.2 Å². The molecule has 2 aromatic heterocycles. The molecule has 0 aliphatic heterocycles. The second kappa shape index (κ2) is 5.46. The van der Waals surface area contributed by atoms with E-state index in [1.807, 2.05) is 41.5 Å². The molecule has 0 saturated carbocycles. The van der Waals surface area contributed by atoms with Crippen LogP contribution in [-0.4, -0.2) is 14.8 Å². The fourth-order valence-electron chi connectivity index (χ4n) is 2.23. The molecule has 1 unspecified atom stereocenters. The first kappa shape index (κ1) is 12.9. The van der Waals surface area contributed by atoms with E-state index in [-0.39, 0.29) is 6.04 Å². The number of rotatable bonds is 4. The van der Waals surface area contributed by atoms with Gasteiger partial charge in [0, 0.05) is 17.3 Å². The zero-order valence-corrected chi connectivity index (χ0v) is 12.3. The molecular weight excluding hydrogens is 268 g/mol. The smallest absolute Gasteiger partial charge is 0.0877 e. The van der Waals surface area contributed by atoms with Gasteiger partial charge in [-0.2, -0.15) is 5.10 Å². The number of aromatic nitrogens is 3. The van der Waals surface area contributed by atoms with Crippen LogP contribution in [0.25, 0.3) is 5.69 Å². The molecule has 0 saturated heterocycles. The molecule has 0 aliphatic carbocycles. The third-order valence-electron chi connectivity index (χ3n) is 3.20. The zero-order valence-electron chi connectivity index (χ0n) is 11.4. The van der Waals surface area contributed by atoms with Crippen LogP contribution in [0.4, 0.5) is 5.69 Å². The first-order valence-corrected chi connectivity index (χ1v) is 7.39. The van der Waals surface area contributed by atoms with Gasteiger partial charge in [-0.1, -0.05) is 12.1 Å². The second-order valence-corrected chi connectivity index (χ2v) is 5.52.